The molecule has 8 heteroatoms. The average molecular weight is 399 g/mol. The Kier molecular flexibility index (Phi) is 5.43. The van der Waals surface area contributed by atoms with Gasteiger partial charge < -0.3 is 14.6 Å². The molecule has 0 unspecified atom stereocenters. The Morgan fingerprint density at radius 1 is 1.00 bits per heavy atom. The third-order valence-electron chi connectivity index (χ3n) is 4.54. The Labute approximate surface area is 164 Å². The minimum Gasteiger partial charge on any atom is -0.379 e. The number of rotatable bonds is 6. The number of anilines is 1. The Hall–Kier alpha value is -2.68. The number of aromatic nitrogens is 1. The topological polar surface area (TPSA) is 84.7 Å². The van der Waals surface area contributed by atoms with Crippen molar-refractivity contribution in [3.8, 4) is 11.3 Å². The summed E-state index contributed by atoms with van der Waals surface area (Å²) in [5.41, 5.74) is 2.45. The van der Waals surface area contributed by atoms with E-state index in [0.717, 1.165) is 11.3 Å². The van der Waals surface area contributed by atoms with Gasteiger partial charge in [0.1, 0.15) is 5.69 Å². The zero-order chi connectivity index (χ0) is 19.4. The van der Waals surface area contributed by atoms with E-state index in [-0.39, 0.29) is 4.90 Å². The molecule has 0 aliphatic carbocycles. The van der Waals surface area contributed by atoms with Gasteiger partial charge in [-0.05, 0) is 18.2 Å². The van der Waals surface area contributed by atoms with E-state index >= 15 is 0 Å². The van der Waals surface area contributed by atoms with Gasteiger partial charge in [0.15, 0.2) is 5.76 Å². The molecular formula is C20H21N3O4S. The first-order chi connectivity index (χ1) is 13.6. The van der Waals surface area contributed by atoms with Crippen molar-refractivity contribution in [2.45, 2.75) is 11.4 Å². The minimum absolute atomic E-state index is 0.266. The molecule has 0 radical (unpaired) electrons. The lowest BCUT2D eigenvalue weighted by Gasteiger charge is -2.26. The predicted molar refractivity (Wildman–Crippen MR) is 105 cm³/mol. The molecule has 7 nitrogen and oxygen atoms in total. The van der Waals surface area contributed by atoms with Crippen LogP contribution in [-0.2, 0) is 21.3 Å². The van der Waals surface area contributed by atoms with E-state index in [2.05, 4.69) is 10.5 Å². The molecule has 2 aromatic carbocycles. The lowest BCUT2D eigenvalue weighted by molar-refractivity contribution is 0.0730. The summed E-state index contributed by atoms with van der Waals surface area (Å²) in [5.74, 6) is 0.667. The number of sulfonamides is 1. The third-order valence-corrected chi connectivity index (χ3v) is 6.43. The number of nitrogens with one attached hydrogen (secondary N) is 1. The number of morpholine rings is 1. The van der Waals surface area contributed by atoms with Crippen molar-refractivity contribution < 1.29 is 17.7 Å². The van der Waals surface area contributed by atoms with E-state index in [4.69, 9.17) is 9.26 Å². The summed E-state index contributed by atoms with van der Waals surface area (Å²) in [4.78, 5) is 0.266. The molecule has 2 heterocycles. The number of hydrogen-bond acceptors (Lipinski definition) is 6. The first-order valence-electron chi connectivity index (χ1n) is 9.06. The summed E-state index contributed by atoms with van der Waals surface area (Å²) in [5, 5.41) is 7.29. The van der Waals surface area contributed by atoms with Gasteiger partial charge in [-0.3, -0.25) is 0 Å². The van der Waals surface area contributed by atoms with Gasteiger partial charge in [-0.2, -0.15) is 4.31 Å². The summed E-state index contributed by atoms with van der Waals surface area (Å²) in [7, 11) is -3.52. The van der Waals surface area contributed by atoms with Crippen molar-refractivity contribution in [1.29, 1.82) is 0 Å². The summed E-state index contributed by atoms with van der Waals surface area (Å²) < 4.78 is 37.7. The van der Waals surface area contributed by atoms with Crippen LogP contribution in [0.5, 0.6) is 0 Å². The van der Waals surface area contributed by atoms with Crippen LogP contribution >= 0.6 is 0 Å². The molecule has 1 saturated heterocycles. The van der Waals surface area contributed by atoms with E-state index in [1.165, 1.54) is 4.31 Å². The van der Waals surface area contributed by atoms with Crippen LogP contribution in [0.15, 0.2) is 70.1 Å². The van der Waals surface area contributed by atoms with E-state index in [0.29, 0.717) is 44.3 Å². The molecule has 1 aliphatic rings. The highest BCUT2D eigenvalue weighted by molar-refractivity contribution is 7.89. The Balaban J connectivity index is 1.45. The number of ether oxygens (including phenoxy) is 1. The first-order valence-corrected chi connectivity index (χ1v) is 10.5. The zero-order valence-corrected chi connectivity index (χ0v) is 16.1. The molecule has 1 aliphatic heterocycles. The molecule has 0 amide bonds. The molecule has 1 fully saturated rings. The third kappa shape index (κ3) is 4.09. The summed E-state index contributed by atoms with van der Waals surface area (Å²) >= 11 is 0. The second-order valence-electron chi connectivity index (χ2n) is 6.44. The van der Waals surface area contributed by atoms with Crippen molar-refractivity contribution in [2.24, 2.45) is 0 Å². The van der Waals surface area contributed by atoms with E-state index in [9.17, 15) is 8.42 Å². The minimum atomic E-state index is -3.52. The van der Waals surface area contributed by atoms with Crippen LogP contribution in [-0.4, -0.2) is 44.2 Å². The number of benzene rings is 2. The maximum absolute atomic E-state index is 12.8. The van der Waals surface area contributed by atoms with E-state index in [1.54, 1.807) is 18.2 Å². The molecule has 28 heavy (non-hydrogen) atoms. The van der Waals surface area contributed by atoms with Gasteiger partial charge in [0, 0.05) is 30.4 Å². The fourth-order valence-electron chi connectivity index (χ4n) is 3.03. The highest BCUT2D eigenvalue weighted by atomic mass is 32.2. The molecule has 0 spiro atoms. The van der Waals surface area contributed by atoms with Gasteiger partial charge in [-0.1, -0.05) is 41.6 Å². The Morgan fingerprint density at radius 3 is 2.57 bits per heavy atom. The quantitative estimate of drug-likeness (QED) is 0.686. The SMILES string of the molecule is O=S(=O)(c1cccc(NCc2cc(-c3ccccc3)no2)c1)N1CCOCC1. The fraction of sp³-hybridized carbons (Fsp3) is 0.250. The van der Waals surface area contributed by atoms with Crippen molar-refractivity contribution in [2.75, 3.05) is 31.6 Å². The highest BCUT2D eigenvalue weighted by Gasteiger charge is 2.26. The molecule has 1 aromatic heterocycles. The van der Waals surface area contributed by atoms with Crippen molar-refractivity contribution in [3.05, 3.63) is 66.4 Å². The van der Waals surface area contributed by atoms with Crippen LogP contribution in [0.4, 0.5) is 5.69 Å². The first kappa shape index (κ1) is 18.7. The molecule has 1 N–H and O–H groups in total. The average Bonchev–Trinajstić information content (AvgIpc) is 3.23. The van der Waals surface area contributed by atoms with E-state index < -0.39 is 10.0 Å². The predicted octanol–water partition coefficient (Wildman–Crippen LogP) is 2.97. The normalized spacial score (nSPS) is 15.4. The number of hydrogen-bond donors (Lipinski definition) is 1. The van der Waals surface area contributed by atoms with Crippen LogP contribution in [0.2, 0.25) is 0 Å². The lowest BCUT2D eigenvalue weighted by Crippen LogP contribution is -2.40. The summed E-state index contributed by atoms with van der Waals surface area (Å²) in [6, 6.07) is 18.4. The summed E-state index contributed by atoms with van der Waals surface area (Å²) in [6.07, 6.45) is 0. The van der Waals surface area contributed by atoms with Gasteiger partial charge in [0.25, 0.3) is 0 Å². The highest BCUT2D eigenvalue weighted by Crippen LogP contribution is 2.22. The monoisotopic (exact) mass is 399 g/mol. The molecule has 0 saturated carbocycles. The maximum atomic E-state index is 12.8. The summed E-state index contributed by atoms with van der Waals surface area (Å²) in [6.45, 7) is 2.00. The van der Waals surface area contributed by atoms with Crippen molar-refractivity contribution in [3.63, 3.8) is 0 Å². The smallest absolute Gasteiger partial charge is 0.243 e. The fourth-order valence-corrected chi connectivity index (χ4v) is 4.49. The number of nitrogens with zero attached hydrogens (tertiary/aromatic N) is 2. The second kappa shape index (κ2) is 8.14. The van der Waals surface area contributed by atoms with E-state index in [1.807, 2.05) is 42.5 Å². The molecular weight excluding hydrogens is 378 g/mol. The molecule has 3 aromatic rings. The van der Waals surface area contributed by atoms with Crippen LogP contribution in [0.25, 0.3) is 11.3 Å². The Morgan fingerprint density at radius 2 is 1.79 bits per heavy atom. The molecule has 0 atom stereocenters. The van der Waals surface area contributed by atoms with Gasteiger partial charge >= 0.3 is 0 Å². The largest absolute Gasteiger partial charge is 0.379 e. The zero-order valence-electron chi connectivity index (χ0n) is 15.2. The van der Waals surface area contributed by atoms with Gasteiger partial charge in [0.05, 0.1) is 24.7 Å². The second-order valence-corrected chi connectivity index (χ2v) is 8.38. The van der Waals surface area contributed by atoms with Crippen LogP contribution in [0.1, 0.15) is 5.76 Å². The van der Waals surface area contributed by atoms with Crippen molar-refractivity contribution in [1.82, 2.24) is 9.46 Å². The molecule has 0 bridgehead atoms. The van der Waals surface area contributed by atoms with Crippen LogP contribution in [0.3, 0.4) is 0 Å². The van der Waals surface area contributed by atoms with Gasteiger partial charge in [-0.15, -0.1) is 0 Å². The molecule has 4 rings (SSSR count). The van der Waals surface area contributed by atoms with Gasteiger partial charge in [0.2, 0.25) is 10.0 Å². The van der Waals surface area contributed by atoms with Crippen LogP contribution in [0, 0.1) is 0 Å². The lowest BCUT2D eigenvalue weighted by atomic mass is 10.1. The van der Waals surface area contributed by atoms with Gasteiger partial charge in [-0.25, -0.2) is 8.42 Å². The van der Waals surface area contributed by atoms with Crippen molar-refractivity contribution >= 4 is 15.7 Å². The maximum Gasteiger partial charge on any atom is 0.243 e. The van der Waals surface area contributed by atoms with Crippen LogP contribution < -0.4 is 5.32 Å². The molecule has 146 valence electrons. The Bertz CT molecular complexity index is 1030. The standard InChI is InChI=1S/C20H21N3O4S/c24-28(25,23-9-11-26-12-10-23)19-8-4-7-17(13-19)21-15-18-14-20(22-27-18)16-5-2-1-3-6-16/h1-8,13-14,21H,9-12,15H2.